The molecule has 0 aliphatic carbocycles. The molecule has 1 atom stereocenters. The quantitative estimate of drug-likeness (QED) is 0.732. The molecule has 4 nitrogen and oxygen atoms in total. The van der Waals surface area contributed by atoms with Crippen molar-refractivity contribution in [3.8, 4) is 0 Å². The van der Waals surface area contributed by atoms with Gasteiger partial charge in [0.25, 0.3) is 0 Å². The molecule has 0 saturated carbocycles. The van der Waals surface area contributed by atoms with E-state index in [-0.39, 0.29) is 0 Å². The van der Waals surface area contributed by atoms with Gasteiger partial charge in [0, 0.05) is 19.1 Å². The van der Waals surface area contributed by atoms with Crippen molar-refractivity contribution in [3.05, 3.63) is 24.2 Å². The zero-order valence-electron chi connectivity index (χ0n) is 12.0. The van der Waals surface area contributed by atoms with Crippen molar-refractivity contribution < 1.29 is 9.15 Å². The summed E-state index contributed by atoms with van der Waals surface area (Å²) in [5.74, 6) is 0.980. The van der Waals surface area contributed by atoms with Crippen LogP contribution in [0.1, 0.15) is 26.5 Å². The first-order valence-corrected chi connectivity index (χ1v) is 6.64. The number of hydrogen-bond acceptors (Lipinski definition) is 4. The Labute approximate surface area is 110 Å². The lowest BCUT2D eigenvalue weighted by Crippen LogP contribution is -2.39. The van der Waals surface area contributed by atoms with Gasteiger partial charge in [0.2, 0.25) is 0 Å². The van der Waals surface area contributed by atoms with Gasteiger partial charge in [-0.3, -0.25) is 0 Å². The molecule has 1 heterocycles. The highest BCUT2D eigenvalue weighted by Crippen LogP contribution is 2.00. The van der Waals surface area contributed by atoms with Crippen LogP contribution in [-0.4, -0.2) is 43.8 Å². The molecule has 0 aromatic carbocycles. The number of ether oxygens (including phenoxy) is 1. The lowest BCUT2D eigenvalue weighted by molar-refractivity contribution is 0.0572. The van der Waals surface area contributed by atoms with Crippen LogP contribution >= 0.6 is 0 Å². The normalized spacial score (nSPS) is 13.4. The van der Waals surface area contributed by atoms with Crippen LogP contribution in [0.4, 0.5) is 0 Å². The molecule has 1 unspecified atom stereocenters. The molecule has 4 heteroatoms. The molecule has 0 amide bonds. The molecule has 1 aromatic rings. The van der Waals surface area contributed by atoms with Crippen LogP contribution < -0.4 is 5.32 Å². The van der Waals surface area contributed by atoms with E-state index in [1.165, 1.54) is 0 Å². The van der Waals surface area contributed by atoms with Crippen LogP contribution in [0.3, 0.4) is 0 Å². The Morgan fingerprint density at radius 3 is 2.78 bits per heavy atom. The lowest BCUT2D eigenvalue weighted by atomic mass is 10.3. The van der Waals surface area contributed by atoms with E-state index in [1.54, 1.807) is 6.26 Å². The molecule has 0 saturated heterocycles. The van der Waals surface area contributed by atoms with E-state index < -0.39 is 0 Å². The fraction of sp³-hybridized carbons (Fsp3) is 0.714. The minimum Gasteiger partial charge on any atom is -0.468 e. The molecule has 0 fully saturated rings. The smallest absolute Gasteiger partial charge is 0.117 e. The number of rotatable bonds is 9. The second kappa shape index (κ2) is 8.29. The van der Waals surface area contributed by atoms with Crippen LogP contribution in [0.25, 0.3) is 0 Å². The first kappa shape index (κ1) is 15.2. The number of furan rings is 1. The van der Waals surface area contributed by atoms with Crippen LogP contribution in [0.15, 0.2) is 22.8 Å². The van der Waals surface area contributed by atoms with Gasteiger partial charge in [-0.25, -0.2) is 0 Å². The van der Waals surface area contributed by atoms with Crippen molar-refractivity contribution in [1.82, 2.24) is 10.2 Å². The van der Waals surface area contributed by atoms with E-state index in [1.807, 2.05) is 12.1 Å². The fourth-order valence-corrected chi connectivity index (χ4v) is 1.63. The van der Waals surface area contributed by atoms with Gasteiger partial charge in [0.15, 0.2) is 0 Å². The van der Waals surface area contributed by atoms with Gasteiger partial charge >= 0.3 is 0 Å². The van der Waals surface area contributed by atoms with Crippen molar-refractivity contribution >= 4 is 0 Å². The Morgan fingerprint density at radius 2 is 2.17 bits per heavy atom. The van der Waals surface area contributed by atoms with Gasteiger partial charge in [-0.15, -0.1) is 0 Å². The molecule has 104 valence electrons. The third kappa shape index (κ3) is 6.19. The number of nitrogens with zero attached hydrogens (tertiary/aromatic N) is 1. The number of hydrogen-bond donors (Lipinski definition) is 1. The maximum absolute atomic E-state index is 5.55. The molecule has 1 rings (SSSR count). The molecule has 0 aliphatic rings. The molecule has 1 aromatic heterocycles. The Morgan fingerprint density at radius 1 is 1.39 bits per heavy atom. The van der Waals surface area contributed by atoms with Crippen molar-refractivity contribution in [1.29, 1.82) is 0 Å². The summed E-state index contributed by atoms with van der Waals surface area (Å²) in [5.41, 5.74) is 0. The lowest BCUT2D eigenvalue weighted by Gasteiger charge is -2.25. The summed E-state index contributed by atoms with van der Waals surface area (Å²) in [7, 11) is 2.13. The Hall–Kier alpha value is -0.840. The summed E-state index contributed by atoms with van der Waals surface area (Å²) in [6, 6.07) is 4.38. The van der Waals surface area contributed by atoms with Crippen molar-refractivity contribution in [3.63, 3.8) is 0 Å². The Balaban J connectivity index is 2.09. The summed E-state index contributed by atoms with van der Waals surface area (Å²) < 4.78 is 10.8. The van der Waals surface area contributed by atoms with Gasteiger partial charge in [0.05, 0.1) is 25.5 Å². The summed E-state index contributed by atoms with van der Waals surface area (Å²) in [6.45, 7) is 9.82. The highest BCUT2D eigenvalue weighted by molar-refractivity contribution is 4.97. The summed E-state index contributed by atoms with van der Waals surface area (Å²) in [5, 5.41) is 3.39. The van der Waals surface area contributed by atoms with Gasteiger partial charge in [0.1, 0.15) is 5.76 Å². The van der Waals surface area contributed by atoms with Crippen molar-refractivity contribution in [2.45, 2.75) is 39.5 Å². The minimum absolute atomic E-state index is 0.311. The van der Waals surface area contributed by atoms with Crippen LogP contribution in [-0.2, 0) is 11.3 Å². The fourth-order valence-electron chi connectivity index (χ4n) is 1.63. The molecule has 1 N–H and O–H groups in total. The average molecular weight is 254 g/mol. The average Bonchev–Trinajstić information content (AvgIpc) is 2.81. The zero-order chi connectivity index (χ0) is 13.4. The molecular weight excluding hydrogens is 228 g/mol. The third-order valence-corrected chi connectivity index (χ3v) is 2.97. The Kier molecular flexibility index (Phi) is 7.01. The van der Waals surface area contributed by atoms with E-state index in [0.29, 0.717) is 12.1 Å². The van der Waals surface area contributed by atoms with Gasteiger partial charge in [-0.2, -0.15) is 0 Å². The van der Waals surface area contributed by atoms with E-state index in [2.05, 4.69) is 38.0 Å². The first-order chi connectivity index (χ1) is 8.59. The van der Waals surface area contributed by atoms with Crippen molar-refractivity contribution in [2.24, 2.45) is 0 Å². The van der Waals surface area contributed by atoms with Crippen LogP contribution in [0, 0.1) is 0 Å². The number of nitrogens with one attached hydrogen (secondary N) is 1. The standard InChI is InChI=1S/C14H26N2O2/c1-12(2)17-9-7-16(4)13(3)10-15-11-14-6-5-8-18-14/h5-6,8,12-13,15H,7,9-11H2,1-4H3. The second-order valence-corrected chi connectivity index (χ2v) is 4.96. The predicted molar refractivity (Wildman–Crippen MR) is 73.6 cm³/mol. The second-order valence-electron chi connectivity index (χ2n) is 4.96. The summed E-state index contributed by atoms with van der Waals surface area (Å²) in [6.07, 6.45) is 2.02. The van der Waals surface area contributed by atoms with Crippen LogP contribution in [0.2, 0.25) is 0 Å². The van der Waals surface area contributed by atoms with E-state index >= 15 is 0 Å². The highest BCUT2D eigenvalue weighted by atomic mass is 16.5. The maximum Gasteiger partial charge on any atom is 0.117 e. The maximum atomic E-state index is 5.55. The number of likely N-dealkylation sites (N-methyl/N-ethyl adjacent to an activating group) is 1. The minimum atomic E-state index is 0.311. The molecule has 0 spiro atoms. The topological polar surface area (TPSA) is 37.6 Å². The van der Waals surface area contributed by atoms with Crippen molar-refractivity contribution in [2.75, 3.05) is 26.7 Å². The monoisotopic (exact) mass is 254 g/mol. The predicted octanol–water partition coefficient (Wildman–Crippen LogP) is 2.11. The van der Waals surface area contributed by atoms with E-state index in [0.717, 1.165) is 32.0 Å². The van der Waals surface area contributed by atoms with Gasteiger partial charge in [-0.05, 0) is 40.0 Å². The molecular formula is C14H26N2O2. The third-order valence-electron chi connectivity index (χ3n) is 2.97. The highest BCUT2D eigenvalue weighted by Gasteiger charge is 2.08. The Bertz CT molecular complexity index is 299. The SMILES string of the molecule is CC(C)OCCN(C)C(C)CNCc1ccco1. The van der Waals surface area contributed by atoms with E-state index in [9.17, 15) is 0 Å². The molecule has 0 aliphatic heterocycles. The molecule has 18 heavy (non-hydrogen) atoms. The van der Waals surface area contributed by atoms with Gasteiger partial charge < -0.3 is 19.4 Å². The molecule has 0 radical (unpaired) electrons. The van der Waals surface area contributed by atoms with Gasteiger partial charge in [-0.1, -0.05) is 0 Å². The summed E-state index contributed by atoms with van der Waals surface area (Å²) >= 11 is 0. The first-order valence-electron chi connectivity index (χ1n) is 6.64. The van der Waals surface area contributed by atoms with Crippen LogP contribution in [0.5, 0.6) is 0 Å². The zero-order valence-corrected chi connectivity index (χ0v) is 12.0. The molecule has 0 bridgehead atoms. The largest absolute Gasteiger partial charge is 0.468 e. The summed E-state index contributed by atoms with van der Waals surface area (Å²) in [4.78, 5) is 2.30. The van der Waals surface area contributed by atoms with E-state index in [4.69, 9.17) is 9.15 Å².